The third-order valence-corrected chi connectivity index (χ3v) is 4.50. The highest BCUT2D eigenvalue weighted by atomic mass is 14.1. The predicted octanol–water partition coefficient (Wildman–Crippen LogP) is 6.84. The summed E-state index contributed by atoms with van der Waals surface area (Å²) < 4.78 is 0. The zero-order chi connectivity index (χ0) is 17.5. The molecule has 0 N–H and O–H groups in total. The Morgan fingerprint density at radius 1 is 0.583 bits per heavy atom. The summed E-state index contributed by atoms with van der Waals surface area (Å²) >= 11 is 0. The van der Waals surface area contributed by atoms with Crippen LogP contribution in [0.4, 0.5) is 0 Å². The van der Waals surface area contributed by atoms with Gasteiger partial charge >= 0.3 is 0 Å². The van der Waals surface area contributed by atoms with Gasteiger partial charge in [-0.15, -0.1) is 0 Å². The van der Waals surface area contributed by atoms with Crippen LogP contribution in [0.5, 0.6) is 0 Å². The van der Waals surface area contributed by atoms with Gasteiger partial charge in [0.25, 0.3) is 0 Å². The number of rotatable bonds is 2. The van der Waals surface area contributed by atoms with E-state index in [1.165, 1.54) is 38.9 Å². The molecule has 0 saturated carbocycles. The molecule has 0 radical (unpaired) electrons. The molecule has 0 amide bonds. The van der Waals surface area contributed by atoms with Gasteiger partial charge in [0.1, 0.15) is 0 Å². The van der Waals surface area contributed by atoms with E-state index in [1.807, 2.05) is 18.2 Å². The molecule has 3 rings (SSSR count). The van der Waals surface area contributed by atoms with Crippen molar-refractivity contribution in [2.24, 2.45) is 0 Å². The van der Waals surface area contributed by atoms with Crippen molar-refractivity contribution in [1.82, 2.24) is 0 Å². The van der Waals surface area contributed by atoms with Crippen molar-refractivity contribution in [3.63, 3.8) is 0 Å². The Kier molecular flexibility index (Phi) is 6.37. The summed E-state index contributed by atoms with van der Waals surface area (Å²) in [6, 6.07) is 23.7. The van der Waals surface area contributed by atoms with Gasteiger partial charge in [-0.25, -0.2) is 0 Å². The van der Waals surface area contributed by atoms with Gasteiger partial charge in [0.05, 0.1) is 0 Å². The topological polar surface area (TPSA) is 0 Å². The number of hydrogen-bond acceptors (Lipinski definition) is 0. The molecule has 0 saturated heterocycles. The molecule has 0 heterocycles. The second-order valence-corrected chi connectivity index (χ2v) is 6.45. The molecular formula is C24H28. The summed E-state index contributed by atoms with van der Waals surface area (Å²) in [6.07, 6.45) is 1.11. The number of benzene rings is 3. The maximum Gasteiger partial charge on any atom is -0.0181 e. The van der Waals surface area contributed by atoms with Gasteiger partial charge < -0.3 is 0 Å². The molecule has 0 aliphatic carbocycles. The van der Waals surface area contributed by atoms with Gasteiger partial charge in [0.2, 0.25) is 0 Å². The Hall–Kier alpha value is -2.34. The molecule has 0 spiro atoms. The smallest absolute Gasteiger partial charge is 0.0181 e. The summed E-state index contributed by atoms with van der Waals surface area (Å²) in [4.78, 5) is 0. The van der Waals surface area contributed by atoms with Gasteiger partial charge in [0.15, 0.2) is 0 Å². The van der Waals surface area contributed by atoms with Crippen LogP contribution >= 0.6 is 0 Å². The molecule has 24 heavy (non-hydrogen) atoms. The molecule has 0 nitrogen and oxygen atoms in total. The summed E-state index contributed by atoms with van der Waals surface area (Å²) in [6.45, 7) is 10.8. The lowest BCUT2D eigenvalue weighted by Gasteiger charge is -2.09. The van der Waals surface area contributed by atoms with E-state index in [4.69, 9.17) is 0 Å². The van der Waals surface area contributed by atoms with Gasteiger partial charge in [-0.1, -0.05) is 79.2 Å². The molecule has 124 valence electrons. The first-order valence-electron chi connectivity index (χ1n) is 8.70. The lowest BCUT2D eigenvalue weighted by Crippen LogP contribution is -1.88. The van der Waals surface area contributed by atoms with Crippen LogP contribution in [0.3, 0.4) is 0 Å². The van der Waals surface area contributed by atoms with E-state index in [0.717, 1.165) is 6.42 Å². The SMILES string of the molecule is CCc1ccc(-c2ccc(C)c(C)c2)cc1C.Cc1ccccc1. The summed E-state index contributed by atoms with van der Waals surface area (Å²) in [5.74, 6) is 0. The summed E-state index contributed by atoms with van der Waals surface area (Å²) in [5, 5.41) is 0. The lowest BCUT2D eigenvalue weighted by atomic mass is 9.96. The lowest BCUT2D eigenvalue weighted by molar-refractivity contribution is 1.11. The van der Waals surface area contributed by atoms with E-state index < -0.39 is 0 Å². The van der Waals surface area contributed by atoms with Crippen LogP contribution in [-0.2, 0) is 6.42 Å². The van der Waals surface area contributed by atoms with Crippen LogP contribution in [0.15, 0.2) is 66.7 Å². The summed E-state index contributed by atoms with van der Waals surface area (Å²) in [7, 11) is 0. The molecule has 3 aromatic rings. The minimum absolute atomic E-state index is 1.11. The average Bonchev–Trinajstić information content (AvgIpc) is 2.58. The van der Waals surface area contributed by atoms with E-state index >= 15 is 0 Å². The molecular weight excluding hydrogens is 288 g/mol. The minimum Gasteiger partial charge on any atom is -0.0622 e. The van der Waals surface area contributed by atoms with Crippen LogP contribution in [0.25, 0.3) is 11.1 Å². The number of aryl methyl sites for hydroxylation is 5. The van der Waals surface area contributed by atoms with Crippen LogP contribution < -0.4 is 0 Å². The molecule has 0 aromatic heterocycles. The van der Waals surface area contributed by atoms with Crippen molar-refractivity contribution >= 4 is 0 Å². The molecule has 0 bridgehead atoms. The Balaban J connectivity index is 0.000000249. The third kappa shape index (κ3) is 4.83. The predicted molar refractivity (Wildman–Crippen MR) is 107 cm³/mol. The first-order chi connectivity index (χ1) is 11.5. The minimum atomic E-state index is 1.11. The van der Waals surface area contributed by atoms with Gasteiger partial charge in [-0.2, -0.15) is 0 Å². The Morgan fingerprint density at radius 3 is 1.62 bits per heavy atom. The zero-order valence-corrected chi connectivity index (χ0v) is 15.6. The highest BCUT2D eigenvalue weighted by Gasteiger charge is 2.02. The van der Waals surface area contributed by atoms with E-state index in [2.05, 4.69) is 83.1 Å². The molecule has 0 aliphatic heterocycles. The molecule has 0 unspecified atom stereocenters. The van der Waals surface area contributed by atoms with Crippen molar-refractivity contribution in [2.45, 2.75) is 41.0 Å². The first-order valence-corrected chi connectivity index (χ1v) is 8.70. The molecule has 0 heteroatoms. The largest absolute Gasteiger partial charge is 0.0622 e. The quantitative estimate of drug-likeness (QED) is 0.485. The third-order valence-electron chi connectivity index (χ3n) is 4.50. The van der Waals surface area contributed by atoms with Gasteiger partial charge in [0, 0.05) is 0 Å². The highest BCUT2D eigenvalue weighted by Crippen LogP contribution is 2.24. The van der Waals surface area contributed by atoms with Crippen LogP contribution in [0.1, 0.15) is 34.7 Å². The van der Waals surface area contributed by atoms with Crippen molar-refractivity contribution in [2.75, 3.05) is 0 Å². The average molecular weight is 316 g/mol. The van der Waals surface area contributed by atoms with Crippen molar-refractivity contribution in [1.29, 1.82) is 0 Å². The normalized spacial score (nSPS) is 10.0. The standard InChI is InChI=1S/C17H20.C7H8/c1-5-15-8-9-17(11-14(15)4)16-7-6-12(2)13(3)10-16;1-7-5-3-2-4-6-7/h6-11H,5H2,1-4H3;2-6H,1H3. The van der Waals surface area contributed by atoms with Gasteiger partial charge in [-0.3, -0.25) is 0 Å². The molecule has 0 aliphatic rings. The Morgan fingerprint density at radius 2 is 1.17 bits per heavy atom. The molecule has 3 aromatic carbocycles. The Labute approximate surface area is 147 Å². The Bertz CT molecular complexity index is 782. The van der Waals surface area contributed by atoms with Crippen LogP contribution in [0.2, 0.25) is 0 Å². The van der Waals surface area contributed by atoms with E-state index in [9.17, 15) is 0 Å². The monoisotopic (exact) mass is 316 g/mol. The van der Waals surface area contributed by atoms with E-state index in [-0.39, 0.29) is 0 Å². The van der Waals surface area contributed by atoms with Crippen molar-refractivity contribution < 1.29 is 0 Å². The fraction of sp³-hybridized carbons (Fsp3) is 0.250. The molecule has 0 atom stereocenters. The molecule has 0 fully saturated rings. The summed E-state index contributed by atoms with van der Waals surface area (Å²) in [5.41, 5.74) is 9.51. The van der Waals surface area contributed by atoms with Gasteiger partial charge in [-0.05, 0) is 67.5 Å². The van der Waals surface area contributed by atoms with Crippen LogP contribution in [0, 0.1) is 27.7 Å². The van der Waals surface area contributed by atoms with Crippen molar-refractivity contribution in [3.05, 3.63) is 94.5 Å². The second kappa shape index (κ2) is 8.49. The highest BCUT2D eigenvalue weighted by molar-refractivity contribution is 5.66. The van der Waals surface area contributed by atoms with Crippen LogP contribution in [-0.4, -0.2) is 0 Å². The second-order valence-electron chi connectivity index (χ2n) is 6.45. The van der Waals surface area contributed by atoms with E-state index in [0.29, 0.717) is 0 Å². The maximum atomic E-state index is 2.29. The fourth-order valence-electron chi connectivity index (χ4n) is 2.73. The van der Waals surface area contributed by atoms with E-state index in [1.54, 1.807) is 0 Å². The fourth-order valence-corrected chi connectivity index (χ4v) is 2.73. The maximum absolute atomic E-state index is 2.29. The number of hydrogen-bond donors (Lipinski definition) is 0. The first kappa shape index (κ1) is 18.0. The zero-order valence-electron chi connectivity index (χ0n) is 15.6. The van der Waals surface area contributed by atoms with Crippen molar-refractivity contribution in [3.8, 4) is 11.1 Å².